The number of carboxylic acid groups (broad SMARTS) is 1. The first-order chi connectivity index (χ1) is 10.5. The van der Waals surface area contributed by atoms with Gasteiger partial charge < -0.3 is 16.1 Å². The molecule has 0 fully saturated rings. The fourth-order valence-electron chi connectivity index (χ4n) is 3.62. The van der Waals surface area contributed by atoms with E-state index in [1.54, 1.807) is 0 Å². The topological polar surface area (TPSA) is 76.6 Å². The van der Waals surface area contributed by atoms with Gasteiger partial charge in [0.1, 0.15) is 0 Å². The van der Waals surface area contributed by atoms with Crippen LogP contribution in [0, 0.1) is 11.3 Å². The summed E-state index contributed by atoms with van der Waals surface area (Å²) in [4.78, 5) is 11.1. The standard InChI is InChI=1S/C20H40O2.H3N/c1-5-9-14-20(15-10-6-2,16-11-7-3)17-12-13-18(8-4)19(21)22;/h18H,5-17H2,1-4H3,(H,21,22);1H3. The highest BCUT2D eigenvalue weighted by Gasteiger charge is 2.28. The van der Waals surface area contributed by atoms with Crippen molar-refractivity contribution in [1.82, 2.24) is 6.15 Å². The third-order valence-electron chi connectivity index (χ3n) is 5.27. The molecule has 0 saturated carbocycles. The van der Waals surface area contributed by atoms with Crippen molar-refractivity contribution in [3.63, 3.8) is 0 Å². The molecular weight excluding hydrogens is 286 g/mol. The Morgan fingerprint density at radius 1 is 0.826 bits per heavy atom. The lowest BCUT2D eigenvalue weighted by Gasteiger charge is -2.35. The largest absolute Gasteiger partial charge is 0.550 e. The molecule has 0 aliphatic carbocycles. The zero-order valence-corrected chi connectivity index (χ0v) is 16.6. The van der Waals surface area contributed by atoms with Gasteiger partial charge in [-0.25, -0.2) is 0 Å². The van der Waals surface area contributed by atoms with Gasteiger partial charge in [0.15, 0.2) is 0 Å². The molecule has 0 aliphatic rings. The van der Waals surface area contributed by atoms with E-state index in [-0.39, 0.29) is 12.1 Å². The van der Waals surface area contributed by atoms with Gasteiger partial charge in [-0.3, -0.25) is 0 Å². The summed E-state index contributed by atoms with van der Waals surface area (Å²) in [5.41, 5.74) is 0.465. The maximum absolute atomic E-state index is 11.1. The van der Waals surface area contributed by atoms with E-state index in [0.29, 0.717) is 11.8 Å². The second-order valence-corrected chi connectivity index (χ2v) is 7.13. The van der Waals surface area contributed by atoms with Crippen molar-refractivity contribution >= 4 is 5.97 Å². The molecule has 1 unspecified atom stereocenters. The molecule has 0 spiro atoms. The average Bonchev–Trinajstić information content (AvgIpc) is 2.52. The summed E-state index contributed by atoms with van der Waals surface area (Å²) in [6.45, 7) is 8.77. The lowest BCUT2D eigenvalue weighted by atomic mass is 9.70. The summed E-state index contributed by atoms with van der Waals surface area (Å²) in [5, 5.41) is 11.1. The normalized spacial score (nSPS) is 12.7. The van der Waals surface area contributed by atoms with Crippen molar-refractivity contribution in [3.8, 4) is 0 Å². The Morgan fingerprint density at radius 2 is 1.22 bits per heavy atom. The van der Waals surface area contributed by atoms with Crippen molar-refractivity contribution in [2.75, 3.05) is 0 Å². The molecule has 0 aromatic heterocycles. The summed E-state index contributed by atoms with van der Waals surface area (Å²) in [5.74, 6) is -1.11. The molecule has 1 atom stereocenters. The number of unbranched alkanes of at least 4 members (excludes halogenated alkanes) is 3. The van der Waals surface area contributed by atoms with Crippen LogP contribution in [0.15, 0.2) is 0 Å². The molecule has 0 aliphatic heterocycles. The number of aliphatic carboxylic acids is 1. The van der Waals surface area contributed by atoms with Crippen LogP contribution in [-0.4, -0.2) is 5.97 Å². The second kappa shape index (κ2) is 15.0. The van der Waals surface area contributed by atoms with Gasteiger partial charge in [-0.15, -0.1) is 0 Å². The lowest BCUT2D eigenvalue weighted by molar-refractivity contribution is -0.312. The fraction of sp³-hybridized carbons (Fsp3) is 0.950. The third-order valence-corrected chi connectivity index (χ3v) is 5.27. The van der Waals surface area contributed by atoms with Gasteiger partial charge in [0.05, 0.1) is 0 Å². The number of hydrogen-bond donors (Lipinski definition) is 1. The third kappa shape index (κ3) is 10.8. The van der Waals surface area contributed by atoms with Crippen LogP contribution in [-0.2, 0) is 4.79 Å². The van der Waals surface area contributed by atoms with Crippen LogP contribution < -0.4 is 11.3 Å². The Labute approximate surface area is 145 Å². The highest BCUT2D eigenvalue weighted by molar-refractivity contribution is 5.67. The summed E-state index contributed by atoms with van der Waals surface area (Å²) in [6, 6.07) is 0. The Balaban J connectivity index is 0. The van der Waals surface area contributed by atoms with Crippen LogP contribution in [0.3, 0.4) is 0 Å². The maximum atomic E-state index is 11.1. The van der Waals surface area contributed by atoms with Crippen LogP contribution >= 0.6 is 0 Å². The van der Waals surface area contributed by atoms with E-state index in [2.05, 4.69) is 20.8 Å². The maximum Gasteiger partial charge on any atom is 0.0445 e. The number of carbonyl (C=O) groups excluding carboxylic acids is 1. The Hall–Kier alpha value is -0.570. The van der Waals surface area contributed by atoms with E-state index in [1.807, 2.05) is 6.92 Å². The fourth-order valence-corrected chi connectivity index (χ4v) is 3.62. The summed E-state index contributed by atoms with van der Waals surface area (Å²) < 4.78 is 0. The van der Waals surface area contributed by atoms with E-state index in [4.69, 9.17) is 0 Å². The highest BCUT2D eigenvalue weighted by atomic mass is 16.4. The Bertz CT molecular complexity index is 257. The molecule has 4 N–H and O–H groups in total. The number of hydrogen-bond acceptors (Lipinski definition) is 2. The minimum Gasteiger partial charge on any atom is -0.550 e. The number of rotatable bonds is 15. The van der Waals surface area contributed by atoms with Crippen LogP contribution in [0.4, 0.5) is 0 Å². The van der Waals surface area contributed by atoms with Gasteiger partial charge >= 0.3 is 0 Å². The first-order valence-electron chi connectivity index (χ1n) is 9.76. The Kier molecular flexibility index (Phi) is 16.1. The van der Waals surface area contributed by atoms with Crippen LogP contribution in [0.5, 0.6) is 0 Å². The molecule has 3 nitrogen and oxygen atoms in total. The average molecular weight is 330 g/mol. The predicted molar refractivity (Wildman–Crippen MR) is 99.6 cm³/mol. The van der Waals surface area contributed by atoms with E-state index in [0.717, 1.165) is 12.8 Å². The molecular formula is C20H43NO2. The molecule has 3 heteroatoms. The molecule has 0 rings (SSSR count). The zero-order chi connectivity index (χ0) is 16.8. The predicted octanol–water partition coefficient (Wildman–Crippen LogP) is 5.87. The van der Waals surface area contributed by atoms with Crippen LogP contribution in [0.1, 0.15) is 111 Å². The first kappa shape index (κ1) is 24.7. The molecule has 0 aromatic carbocycles. The van der Waals surface area contributed by atoms with Crippen molar-refractivity contribution in [3.05, 3.63) is 0 Å². The lowest BCUT2D eigenvalue weighted by Crippen LogP contribution is -2.31. The number of carboxylic acids is 1. The van der Waals surface area contributed by atoms with Crippen molar-refractivity contribution in [1.29, 1.82) is 0 Å². The number of carbonyl (C=O) groups is 1. The van der Waals surface area contributed by atoms with E-state index < -0.39 is 5.97 Å². The summed E-state index contributed by atoms with van der Waals surface area (Å²) in [6.07, 6.45) is 15.4. The molecule has 23 heavy (non-hydrogen) atoms. The van der Waals surface area contributed by atoms with Gasteiger partial charge in [0, 0.05) is 5.97 Å². The first-order valence-corrected chi connectivity index (χ1v) is 9.76. The minimum absolute atomic E-state index is 0. The summed E-state index contributed by atoms with van der Waals surface area (Å²) >= 11 is 0. The smallest absolute Gasteiger partial charge is 0.0445 e. The van der Waals surface area contributed by atoms with Crippen molar-refractivity contribution < 1.29 is 9.90 Å². The van der Waals surface area contributed by atoms with E-state index >= 15 is 0 Å². The summed E-state index contributed by atoms with van der Waals surface area (Å²) in [7, 11) is 0. The van der Waals surface area contributed by atoms with Crippen molar-refractivity contribution in [2.24, 2.45) is 11.3 Å². The minimum atomic E-state index is -0.858. The molecule has 0 saturated heterocycles. The van der Waals surface area contributed by atoms with Gasteiger partial charge in [-0.05, 0) is 49.9 Å². The van der Waals surface area contributed by atoms with Gasteiger partial charge in [-0.2, -0.15) is 0 Å². The molecule has 0 heterocycles. The second-order valence-electron chi connectivity index (χ2n) is 7.13. The van der Waals surface area contributed by atoms with Crippen LogP contribution in [0.25, 0.3) is 0 Å². The quantitative estimate of drug-likeness (QED) is 0.408. The monoisotopic (exact) mass is 329 g/mol. The van der Waals surface area contributed by atoms with Crippen molar-refractivity contribution in [2.45, 2.75) is 111 Å². The molecule has 0 aromatic rings. The highest BCUT2D eigenvalue weighted by Crippen LogP contribution is 2.41. The van der Waals surface area contributed by atoms with E-state index in [1.165, 1.54) is 64.2 Å². The Morgan fingerprint density at radius 3 is 1.52 bits per heavy atom. The molecule has 0 radical (unpaired) electrons. The SMILES string of the molecule is CCCCC(CCCC)(CCCC)CCCC(CC)C(=O)[O-].[NH4+]. The van der Waals surface area contributed by atoms with Crippen LogP contribution in [0.2, 0.25) is 0 Å². The molecule has 140 valence electrons. The number of quaternary nitrogens is 1. The zero-order valence-electron chi connectivity index (χ0n) is 16.6. The molecule has 0 bridgehead atoms. The van der Waals surface area contributed by atoms with Gasteiger partial charge in [0.25, 0.3) is 0 Å². The molecule has 0 amide bonds. The van der Waals surface area contributed by atoms with Gasteiger partial charge in [0.2, 0.25) is 0 Å². The van der Waals surface area contributed by atoms with E-state index in [9.17, 15) is 9.90 Å². The van der Waals surface area contributed by atoms with Gasteiger partial charge in [-0.1, -0.05) is 72.6 Å².